The third-order valence-corrected chi connectivity index (χ3v) is 9.44. The zero-order valence-corrected chi connectivity index (χ0v) is 38.1. The number of halogens is 1. The van der Waals surface area contributed by atoms with Crippen molar-refractivity contribution >= 4 is 81.5 Å². The molecule has 5 rings (SSSR count). The Hall–Kier alpha value is -2.27. The second-order valence-electron chi connectivity index (χ2n) is 10.3. The van der Waals surface area contributed by atoms with Crippen LogP contribution >= 0.6 is 0 Å². The number of nitrogen functional groups attached to an aromatic ring is 1. The van der Waals surface area contributed by atoms with E-state index in [0.29, 0.717) is 18.2 Å². The maximum Gasteiger partial charge on any atom is 2.00 e. The number of benzene rings is 4. The normalized spacial score (nSPS) is 11.7. The summed E-state index contributed by atoms with van der Waals surface area (Å²) >= 11 is 0. The zero-order valence-electron chi connectivity index (χ0n) is 28.7. The molecule has 55 heavy (non-hydrogen) atoms. The predicted molar refractivity (Wildman–Crippen MR) is 165 cm³/mol. The smallest absolute Gasteiger partial charge is 0.871 e. The van der Waals surface area contributed by atoms with Crippen LogP contribution in [0.4, 0.5) is 44.7 Å². The second-order valence-corrected chi connectivity index (χ2v) is 14.4. The summed E-state index contributed by atoms with van der Waals surface area (Å²) in [5.41, 5.74) is 3.31. The van der Waals surface area contributed by atoms with E-state index in [1.807, 2.05) is 0 Å². The Morgan fingerprint density at radius 1 is 0.709 bits per heavy atom. The van der Waals surface area contributed by atoms with E-state index in [1.54, 1.807) is 0 Å². The van der Waals surface area contributed by atoms with E-state index in [2.05, 4.69) is 35.4 Å². The van der Waals surface area contributed by atoms with E-state index in [0.717, 1.165) is 18.2 Å². The molecule has 1 heterocycles. The molecule has 0 amide bonds. The minimum atomic E-state index is -5.38. The molecule has 0 fully saturated rings. The summed E-state index contributed by atoms with van der Waals surface area (Å²) in [4.78, 5) is 8.79. The molecule has 0 spiro atoms. The van der Waals surface area contributed by atoms with E-state index < -0.39 is 85.6 Å². The molecule has 0 aliphatic carbocycles. The molecule has 0 bridgehead atoms. The number of aromatic nitrogens is 3. The number of anilines is 3. The summed E-state index contributed by atoms with van der Waals surface area (Å²) in [7, 11) is -14.3. The van der Waals surface area contributed by atoms with Gasteiger partial charge >= 0.3 is 112 Å². The van der Waals surface area contributed by atoms with E-state index in [9.17, 15) is 53.5 Å². The van der Waals surface area contributed by atoms with Gasteiger partial charge in [-0.15, -0.1) is 10.2 Å². The average Bonchev–Trinajstić information content (AvgIpc) is 3.02. The number of nitrogens with two attached hydrogens (primary N) is 1. The maximum absolute atomic E-state index is 13.7. The van der Waals surface area contributed by atoms with Gasteiger partial charge in [-0.1, -0.05) is 17.6 Å². The van der Waals surface area contributed by atoms with Crippen molar-refractivity contribution in [1.82, 2.24) is 15.0 Å². The van der Waals surface area contributed by atoms with Gasteiger partial charge in [0.05, 0.1) is 31.7 Å². The number of aryl methyl sites for hydroxylation is 1. The summed E-state index contributed by atoms with van der Waals surface area (Å²) < 4.78 is 119. The first kappa shape index (κ1) is 50.7. The van der Waals surface area contributed by atoms with Crippen LogP contribution in [-0.4, -0.2) is 60.9 Å². The standard InChI is InChI=1S/C27H22FN9O11S3.Cu.3Na/c1-12-7-18(20(38)11-17(12)33-35-19-10-15(49(40,41)42)4-6-21(19)50(43,44)45)34-36-23-22(51(46,47)48)9-13-8-14(3-5-16(13)24(23)39)37(2)27-31-25(28)30-26(29)32-27;;;;/h3-11,38-39H,1-2H3,(H,40,41,42)(H,43,44,45)(H,46,47,48)(H2,29,30,31,32);;;;/q;+2;3*+1/p-5. The molecule has 0 atom stereocenters. The molecule has 275 valence electrons. The quantitative estimate of drug-likeness (QED) is 0.0817. The first-order chi connectivity index (χ1) is 23.6. The Morgan fingerprint density at radius 3 is 1.89 bits per heavy atom. The van der Waals surface area contributed by atoms with Crippen molar-refractivity contribution in [3.63, 3.8) is 0 Å². The van der Waals surface area contributed by atoms with Crippen molar-refractivity contribution in [1.29, 1.82) is 0 Å². The Labute approximate surface area is 388 Å². The van der Waals surface area contributed by atoms with Crippen LogP contribution in [0.1, 0.15) is 5.56 Å². The molecule has 1 aromatic heterocycles. The van der Waals surface area contributed by atoms with Crippen LogP contribution in [0, 0.1) is 13.0 Å². The molecule has 0 aliphatic rings. The Kier molecular flexibility index (Phi) is 17.9. The van der Waals surface area contributed by atoms with Crippen molar-refractivity contribution < 1.29 is 159 Å². The summed E-state index contributed by atoms with van der Waals surface area (Å²) in [6.07, 6.45) is -1.17. The number of azo groups is 2. The molecule has 0 saturated carbocycles. The number of hydrogen-bond donors (Lipinski definition) is 1. The summed E-state index contributed by atoms with van der Waals surface area (Å²) in [6.45, 7) is 1.35. The molecule has 0 saturated heterocycles. The minimum absolute atomic E-state index is 0. The van der Waals surface area contributed by atoms with E-state index in [-0.39, 0.29) is 139 Å². The molecule has 20 nitrogen and oxygen atoms in total. The van der Waals surface area contributed by atoms with Gasteiger partial charge < -0.3 is 34.5 Å². The van der Waals surface area contributed by atoms with Gasteiger partial charge in [0.2, 0.25) is 11.9 Å². The van der Waals surface area contributed by atoms with Gasteiger partial charge in [0, 0.05) is 12.7 Å². The molecule has 28 heteroatoms. The van der Waals surface area contributed by atoms with Gasteiger partial charge in [-0.3, -0.25) is 0 Å². The Bertz CT molecular complexity index is 2660. The third kappa shape index (κ3) is 11.9. The van der Waals surface area contributed by atoms with Crippen molar-refractivity contribution in [3.05, 3.63) is 66.2 Å². The number of nitrogens with zero attached hydrogens (tertiary/aromatic N) is 8. The van der Waals surface area contributed by atoms with Crippen LogP contribution in [0.15, 0.2) is 89.7 Å². The van der Waals surface area contributed by atoms with Crippen LogP contribution in [0.25, 0.3) is 10.8 Å². The molecule has 4 aromatic carbocycles. The van der Waals surface area contributed by atoms with Crippen LogP contribution in [0.5, 0.6) is 11.5 Å². The van der Waals surface area contributed by atoms with Gasteiger partial charge in [-0.2, -0.15) is 29.6 Å². The SMILES string of the molecule is Cc1cc(N=Nc2c(S(=O)(=O)[O-])cc3cc(N(C)c4nc(N)nc(F)n4)ccc3c2[O-])c([O-])cc1N=Nc1cc(S(=O)(=O)[O-])ccc1S(=O)(=O)[O-].[Cu+2].[Na+].[Na+].[Na+]. The number of hydrogen-bond acceptors (Lipinski definition) is 20. The summed E-state index contributed by atoms with van der Waals surface area (Å²) in [6, 6.07) is 8.26. The Morgan fingerprint density at radius 2 is 1.31 bits per heavy atom. The molecule has 1 radical (unpaired) electrons. The van der Waals surface area contributed by atoms with Gasteiger partial charge in [0.1, 0.15) is 36.0 Å². The van der Waals surface area contributed by atoms with Crippen molar-refractivity contribution in [2.45, 2.75) is 21.6 Å². The molecular weight excluding hydrogens is 874 g/mol. The number of rotatable bonds is 9. The van der Waals surface area contributed by atoms with Crippen molar-refractivity contribution in [2.24, 2.45) is 20.5 Å². The number of fused-ring (bicyclic) bond motifs is 1. The Balaban J connectivity index is 0.00000378. The topological polar surface area (TPSA) is 335 Å². The van der Waals surface area contributed by atoms with Gasteiger partial charge in [0.25, 0.3) is 0 Å². The van der Waals surface area contributed by atoms with Gasteiger partial charge in [0.15, 0.2) is 0 Å². The first-order valence-corrected chi connectivity index (χ1v) is 17.7. The van der Waals surface area contributed by atoms with E-state index >= 15 is 0 Å². The van der Waals surface area contributed by atoms with Crippen molar-refractivity contribution in [2.75, 3.05) is 17.7 Å². The van der Waals surface area contributed by atoms with Crippen LogP contribution in [0.3, 0.4) is 0 Å². The van der Waals surface area contributed by atoms with Crippen LogP contribution < -0.4 is 110 Å². The second kappa shape index (κ2) is 19.5. The molecule has 5 aromatic rings. The van der Waals surface area contributed by atoms with E-state index in [4.69, 9.17) is 5.73 Å². The average molecular weight is 891 g/mol. The molecule has 2 N–H and O–H groups in total. The summed E-state index contributed by atoms with van der Waals surface area (Å²) in [5.74, 6) is -2.67. The molecule has 0 unspecified atom stereocenters. The fraction of sp³-hybridized carbons (Fsp3) is 0.0741. The van der Waals surface area contributed by atoms with Crippen LogP contribution in [0.2, 0.25) is 0 Å². The summed E-state index contributed by atoms with van der Waals surface area (Å²) in [5, 5.41) is 40.5. The fourth-order valence-corrected chi connectivity index (χ4v) is 6.16. The van der Waals surface area contributed by atoms with Crippen LogP contribution in [-0.2, 0) is 47.4 Å². The zero-order chi connectivity index (χ0) is 37.6. The van der Waals surface area contributed by atoms with E-state index in [1.165, 1.54) is 37.1 Å². The van der Waals surface area contributed by atoms with Crippen molar-refractivity contribution in [3.8, 4) is 11.5 Å². The monoisotopic (exact) mass is 890 g/mol. The third-order valence-electron chi connectivity index (χ3n) is 6.87. The largest absolute Gasteiger partial charge is 2.00 e. The minimum Gasteiger partial charge on any atom is -0.871 e. The first-order valence-electron chi connectivity index (χ1n) is 13.5. The fourth-order valence-electron chi connectivity index (χ4n) is 4.44. The molecule has 0 aliphatic heterocycles. The maximum atomic E-state index is 13.7. The molecular formula is C27H17CuFN9Na3O11S3. The van der Waals surface area contributed by atoms with Gasteiger partial charge in [-0.05, 0) is 71.8 Å². The predicted octanol–water partition coefficient (Wildman–Crippen LogP) is -6.48. The van der Waals surface area contributed by atoms with Gasteiger partial charge in [-0.25, -0.2) is 25.3 Å².